The molecule has 0 bridgehead atoms. The normalized spacial score (nSPS) is 7.87. The second-order valence-electron chi connectivity index (χ2n) is 2.09. The van der Waals surface area contributed by atoms with Crippen molar-refractivity contribution >= 4 is 17.7 Å². The summed E-state index contributed by atoms with van der Waals surface area (Å²) < 4.78 is 0. The van der Waals surface area contributed by atoms with Gasteiger partial charge in [0.25, 0.3) is 0 Å². The van der Waals surface area contributed by atoms with Crippen molar-refractivity contribution in [1.82, 2.24) is 5.32 Å². The van der Waals surface area contributed by atoms with Gasteiger partial charge in [-0.3, -0.25) is 4.79 Å². The number of amides is 1. The van der Waals surface area contributed by atoms with Crippen LogP contribution in [-0.2, 0) is 4.79 Å². The summed E-state index contributed by atoms with van der Waals surface area (Å²) in [5.41, 5.74) is 5.21. The number of hydrogen-bond donors (Lipinski definition) is 2. The molecule has 0 atom stereocenters. The summed E-state index contributed by atoms with van der Waals surface area (Å²) in [5.74, 6) is 2.09. The Labute approximate surface area is 99.6 Å². The summed E-state index contributed by atoms with van der Waals surface area (Å²) in [6.45, 7) is 11.2. The number of rotatable bonds is 6. The topological polar surface area (TPSA) is 55.1 Å². The van der Waals surface area contributed by atoms with Crippen molar-refractivity contribution in [3.63, 3.8) is 0 Å². The van der Waals surface area contributed by atoms with Gasteiger partial charge in [-0.2, -0.15) is 11.8 Å². The largest absolute Gasteiger partial charge is 0.355 e. The average Bonchev–Trinajstić information content (AvgIpc) is 2.32. The molecular weight excluding hydrogens is 208 g/mol. The van der Waals surface area contributed by atoms with Crippen molar-refractivity contribution in [3.8, 4) is 0 Å². The molecule has 0 spiro atoms. The molecule has 0 aromatic heterocycles. The molecule has 0 rings (SSSR count). The number of nitrogens with one attached hydrogen (secondary N) is 1. The van der Waals surface area contributed by atoms with Crippen LogP contribution < -0.4 is 11.1 Å². The summed E-state index contributed by atoms with van der Waals surface area (Å²) in [6.07, 6.45) is 0.610. The predicted molar refractivity (Wildman–Crippen MR) is 72.4 cm³/mol. The van der Waals surface area contributed by atoms with Crippen molar-refractivity contribution in [2.75, 3.05) is 24.6 Å². The molecule has 0 saturated heterocycles. The molecule has 3 N–H and O–H groups in total. The molecular formula is C11H28N2OS. The van der Waals surface area contributed by atoms with Gasteiger partial charge < -0.3 is 11.1 Å². The van der Waals surface area contributed by atoms with Crippen LogP contribution in [0.2, 0.25) is 0 Å². The minimum Gasteiger partial charge on any atom is -0.355 e. The van der Waals surface area contributed by atoms with Gasteiger partial charge in [0.15, 0.2) is 0 Å². The van der Waals surface area contributed by atoms with E-state index in [2.05, 4.69) is 12.2 Å². The number of nitrogens with two attached hydrogens (primary N) is 1. The third-order valence-corrected chi connectivity index (χ3v) is 2.05. The van der Waals surface area contributed by atoms with Gasteiger partial charge in [0, 0.05) is 25.3 Å². The van der Waals surface area contributed by atoms with Crippen LogP contribution in [0.4, 0.5) is 0 Å². The fraction of sp³-hybridized carbons (Fsp3) is 0.909. The SMILES string of the molecule is CC.CC.CCSCCC(=O)NCCN. The van der Waals surface area contributed by atoms with Crippen molar-refractivity contribution in [1.29, 1.82) is 0 Å². The van der Waals surface area contributed by atoms with Crippen LogP contribution in [0.5, 0.6) is 0 Å². The third-order valence-electron chi connectivity index (χ3n) is 1.14. The summed E-state index contributed by atoms with van der Waals surface area (Å²) in [7, 11) is 0. The van der Waals surface area contributed by atoms with E-state index in [-0.39, 0.29) is 5.91 Å². The van der Waals surface area contributed by atoms with Crippen LogP contribution in [0, 0.1) is 0 Å². The Morgan fingerprint density at radius 1 is 1.27 bits per heavy atom. The monoisotopic (exact) mass is 236 g/mol. The van der Waals surface area contributed by atoms with Crippen LogP contribution in [0.25, 0.3) is 0 Å². The number of thioether (sulfide) groups is 1. The average molecular weight is 236 g/mol. The lowest BCUT2D eigenvalue weighted by Crippen LogP contribution is -2.29. The van der Waals surface area contributed by atoms with E-state index in [9.17, 15) is 4.79 Å². The summed E-state index contributed by atoms with van der Waals surface area (Å²) in [4.78, 5) is 10.9. The Hall–Kier alpha value is -0.220. The highest BCUT2D eigenvalue weighted by Crippen LogP contribution is 1.99. The molecule has 1 amide bonds. The Morgan fingerprint density at radius 2 is 1.80 bits per heavy atom. The Kier molecular flexibility index (Phi) is 31.7. The molecule has 0 aromatic carbocycles. The van der Waals surface area contributed by atoms with E-state index in [1.54, 1.807) is 11.8 Å². The number of carbonyl (C=O) groups is 1. The standard InChI is InChI=1S/C7H16N2OS.2C2H6/c1-2-11-6-3-7(10)9-5-4-8;2*1-2/h2-6,8H2,1H3,(H,9,10);2*1-2H3. The Balaban J connectivity index is -0.000000318. The minimum absolute atomic E-state index is 0.108. The van der Waals surface area contributed by atoms with Gasteiger partial charge in [0.2, 0.25) is 5.91 Å². The first-order valence-electron chi connectivity index (χ1n) is 5.85. The highest BCUT2D eigenvalue weighted by molar-refractivity contribution is 7.99. The number of hydrogen-bond acceptors (Lipinski definition) is 3. The molecule has 15 heavy (non-hydrogen) atoms. The van der Waals surface area contributed by atoms with Crippen LogP contribution in [0.3, 0.4) is 0 Å². The van der Waals surface area contributed by atoms with Crippen LogP contribution >= 0.6 is 11.8 Å². The lowest BCUT2D eigenvalue weighted by atomic mass is 10.4. The molecule has 94 valence electrons. The Morgan fingerprint density at radius 3 is 2.20 bits per heavy atom. The first-order chi connectivity index (χ1) is 7.31. The Bertz CT molecular complexity index is 111. The highest BCUT2D eigenvalue weighted by atomic mass is 32.2. The zero-order chi connectivity index (χ0) is 12.5. The summed E-state index contributed by atoms with van der Waals surface area (Å²) in [5, 5.41) is 2.71. The molecule has 0 unspecified atom stereocenters. The van der Waals surface area contributed by atoms with E-state index in [1.807, 2.05) is 27.7 Å². The predicted octanol–water partition coefficient (Wildman–Crippen LogP) is 2.26. The molecule has 0 aromatic rings. The first-order valence-corrected chi connectivity index (χ1v) is 7.01. The fourth-order valence-corrected chi connectivity index (χ4v) is 1.23. The van der Waals surface area contributed by atoms with E-state index in [0.717, 1.165) is 11.5 Å². The zero-order valence-electron chi connectivity index (χ0n) is 10.9. The smallest absolute Gasteiger partial charge is 0.220 e. The van der Waals surface area contributed by atoms with Crippen LogP contribution in [-0.4, -0.2) is 30.5 Å². The van der Waals surface area contributed by atoms with Gasteiger partial charge in [-0.25, -0.2) is 0 Å². The maximum atomic E-state index is 10.9. The van der Waals surface area contributed by atoms with Gasteiger partial charge in [0.05, 0.1) is 0 Å². The van der Waals surface area contributed by atoms with Gasteiger partial charge in [-0.15, -0.1) is 0 Å². The van der Waals surface area contributed by atoms with Gasteiger partial charge in [-0.1, -0.05) is 34.6 Å². The molecule has 0 aliphatic carbocycles. The van der Waals surface area contributed by atoms with E-state index in [0.29, 0.717) is 19.5 Å². The van der Waals surface area contributed by atoms with E-state index in [1.165, 1.54) is 0 Å². The maximum Gasteiger partial charge on any atom is 0.220 e. The minimum atomic E-state index is 0.108. The zero-order valence-corrected chi connectivity index (χ0v) is 11.7. The lowest BCUT2D eigenvalue weighted by molar-refractivity contribution is -0.120. The highest BCUT2D eigenvalue weighted by Gasteiger charge is 1.97. The van der Waals surface area contributed by atoms with Gasteiger partial charge in [0.1, 0.15) is 0 Å². The van der Waals surface area contributed by atoms with Crippen molar-refractivity contribution < 1.29 is 4.79 Å². The summed E-state index contributed by atoms with van der Waals surface area (Å²) >= 11 is 1.78. The van der Waals surface area contributed by atoms with Crippen LogP contribution in [0.1, 0.15) is 41.0 Å². The summed E-state index contributed by atoms with van der Waals surface area (Å²) in [6, 6.07) is 0. The lowest BCUT2D eigenvalue weighted by Gasteiger charge is -2.01. The second-order valence-corrected chi connectivity index (χ2v) is 3.48. The first kappa shape index (κ1) is 20.2. The molecule has 4 heteroatoms. The molecule has 0 aliphatic heterocycles. The molecule has 0 fully saturated rings. The second kappa shape index (κ2) is 23.5. The molecule has 3 nitrogen and oxygen atoms in total. The van der Waals surface area contributed by atoms with Crippen molar-refractivity contribution in [2.45, 2.75) is 41.0 Å². The van der Waals surface area contributed by atoms with Gasteiger partial charge in [-0.05, 0) is 5.75 Å². The van der Waals surface area contributed by atoms with Crippen molar-refractivity contribution in [2.24, 2.45) is 5.73 Å². The van der Waals surface area contributed by atoms with Crippen LogP contribution in [0.15, 0.2) is 0 Å². The third kappa shape index (κ3) is 24.8. The molecule has 0 saturated carbocycles. The fourth-order valence-electron chi connectivity index (χ4n) is 0.609. The van der Waals surface area contributed by atoms with E-state index in [4.69, 9.17) is 5.73 Å². The van der Waals surface area contributed by atoms with E-state index >= 15 is 0 Å². The molecule has 0 radical (unpaired) electrons. The van der Waals surface area contributed by atoms with E-state index < -0.39 is 0 Å². The maximum absolute atomic E-state index is 10.9. The van der Waals surface area contributed by atoms with Crippen molar-refractivity contribution in [3.05, 3.63) is 0 Å². The number of carbonyl (C=O) groups excluding carboxylic acids is 1. The quantitative estimate of drug-likeness (QED) is 0.696. The molecule has 0 heterocycles. The molecule has 0 aliphatic rings. The van der Waals surface area contributed by atoms with Gasteiger partial charge >= 0.3 is 0 Å².